The van der Waals surface area contributed by atoms with Crippen LogP contribution in [0.15, 0.2) is 65.8 Å². The molecule has 4 aromatic rings. The van der Waals surface area contributed by atoms with Gasteiger partial charge in [0.05, 0.1) is 41.3 Å². The highest BCUT2D eigenvalue weighted by Gasteiger charge is 2.37. The van der Waals surface area contributed by atoms with Crippen LogP contribution in [0.25, 0.3) is 11.3 Å². The highest BCUT2D eigenvalue weighted by Crippen LogP contribution is 2.47. The predicted octanol–water partition coefficient (Wildman–Crippen LogP) is 7.21. The van der Waals surface area contributed by atoms with Gasteiger partial charge in [0.1, 0.15) is 12.4 Å². The van der Waals surface area contributed by atoms with Gasteiger partial charge in [-0.2, -0.15) is 4.98 Å². The molecule has 7 rings (SSSR count). The minimum atomic E-state index is -4.17. The Morgan fingerprint density at radius 3 is 2.45 bits per heavy atom. The normalized spacial score (nSPS) is 20.1. The molecule has 2 fully saturated rings. The lowest BCUT2D eigenvalue weighted by molar-refractivity contribution is 0.0476. The Labute approximate surface area is 302 Å². The second-order valence-corrected chi connectivity index (χ2v) is 17.0. The fraction of sp³-hybridized carbons (Fsp3) is 0.462. The van der Waals surface area contributed by atoms with Gasteiger partial charge >= 0.3 is 0 Å². The van der Waals surface area contributed by atoms with E-state index in [0.717, 1.165) is 54.6 Å². The van der Waals surface area contributed by atoms with Gasteiger partial charge in [-0.25, -0.2) is 23.1 Å². The number of nitrogens with zero attached hydrogens (tertiary/aromatic N) is 6. The number of rotatable bonds is 8. The van der Waals surface area contributed by atoms with Gasteiger partial charge in [-0.15, -0.1) is 0 Å². The third kappa shape index (κ3) is 7.56. The minimum Gasteiger partial charge on any atom is -0.475 e. The Morgan fingerprint density at radius 2 is 1.75 bits per heavy atom. The number of anilines is 2. The first kappa shape index (κ1) is 34.9. The molecule has 1 atom stereocenters. The quantitative estimate of drug-likeness (QED) is 0.202. The molecule has 51 heavy (non-hydrogen) atoms. The van der Waals surface area contributed by atoms with Crippen molar-refractivity contribution in [3.63, 3.8) is 0 Å². The van der Waals surface area contributed by atoms with Crippen molar-refractivity contribution in [2.24, 2.45) is 11.3 Å². The Balaban J connectivity index is 0.00000464. The molecule has 2 aromatic carbocycles. The van der Waals surface area contributed by atoms with Crippen LogP contribution < -0.4 is 14.4 Å². The average molecular weight is 712 g/mol. The summed E-state index contributed by atoms with van der Waals surface area (Å²) in [5, 5.41) is 0. The van der Waals surface area contributed by atoms with Crippen LogP contribution in [0, 0.1) is 25.2 Å². The molecule has 4 bridgehead atoms. The second kappa shape index (κ2) is 13.9. The van der Waals surface area contributed by atoms with Crippen molar-refractivity contribution in [1.29, 1.82) is 0 Å². The molecule has 0 radical (unpaired) electrons. The molecule has 2 saturated carbocycles. The maximum absolute atomic E-state index is 14.6. The Hall–Kier alpha value is -4.58. The summed E-state index contributed by atoms with van der Waals surface area (Å²) in [6, 6.07) is 13.9. The summed E-state index contributed by atoms with van der Waals surface area (Å²) in [5.41, 5.74) is 4.63. The molecule has 0 saturated heterocycles. The van der Waals surface area contributed by atoms with Crippen LogP contribution in [0.2, 0.25) is 0 Å². The second-order valence-electron chi connectivity index (χ2n) is 15.3. The van der Waals surface area contributed by atoms with Crippen LogP contribution in [0.4, 0.5) is 11.8 Å². The zero-order chi connectivity index (χ0) is 35.9. The number of aromatic nitrogens is 4. The summed E-state index contributed by atoms with van der Waals surface area (Å²) in [4.78, 5) is 37.2. The highest BCUT2D eigenvalue weighted by molar-refractivity contribution is 7.92. The Kier molecular flexibility index (Phi) is 9.47. The van der Waals surface area contributed by atoms with Crippen LogP contribution in [0.3, 0.4) is 0 Å². The summed E-state index contributed by atoms with van der Waals surface area (Å²) in [6.45, 7) is 8.90. The number of hydrogen-bond donors (Lipinski definition) is 1. The van der Waals surface area contributed by atoms with Gasteiger partial charge in [0.15, 0.2) is 0 Å². The fourth-order valence-electron chi connectivity index (χ4n) is 7.82. The maximum Gasteiger partial charge on any atom is 0.264 e. The van der Waals surface area contributed by atoms with E-state index in [-0.39, 0.29) is 48.8 Å². The molecule has 1 N–H and O–H groups in total. The zero-order valence-corrected chi connectivity index (χ0v) is 30.9. The third-order valence-electron chi connectivity index (χ3n) is 10.8. The lowest BCUT2D eigenvalue weighted by atomic mass is 9.63. The van der Waals surface area contributed by atoms with Crippen molar-refractivity contribution >= 4 is 27.7 Å². The van der Waals surface area contributed by atoms with Gasteiger partial charge in [-0.3, -0.25) is 9.78 Å². The van der Waals surface area contributed by atoms with Crippen LogP contribution in [-0.2, 0) is 16.6 Å². The largest absolute Gasteiger partial charge is 0.475 e. The highest BCUT2D eigenvalue weighted by atomic mass is 32.2. The molecule has 2 aliphatic carbocycles. The number of hydrogen-bond acceptors (Lipinski definition) is 9. The van der Waals surface area contributed by atoms with E-state index in [2.05, 4.69) is 38.4 Å². The molecule has 1 unspecified atom stereocenters. The van der Waals surface area contributed by atoms with E-state index in [1.165, 1.54) is 18.6 Å². The first-order valence-corrected chi connectivity index (χ1v) is 19.4. The molecule has 3 heterocycles. The van der Waals surface area contributed by atoms with Gasteiger partial charge in [0, 0.05) is 31.7 Å². The van der Waals surface area contributed by atoms with Crippen molar-refractivity contribution < 1.29 is 19.4 Å². The number of sulfonamides is 1. The van der Waals surface area contributed by atoms with E-state index in [1.807, 2.05) is 39.1 Å². The number of amides is 1. The van der Waals surface area contributed by atoms with Gasteiger partial charge in [-0.1, -0.05) is 38.1 Å². The molecule has 3 aliphatic rings. The van der Waals surface area contributed by atoms with E-state index in [4.69, 9.17) is 9.72 Å². The van der Waals surface area contributed by atoms with Crippen molar-refractivity contribution in [3.8, 4) is 17.1 Å². The number of fused-ring (bicyclic) bond motifs is 4. The Morgan fingerprint density at radius 1 is 1.00 bits per heavy atom. The first-order chi connectivity index (χ1) is 24.3. The van der Waals surface area contributed by atoms with E-state index in [0.29, 0.717) is 35.2 Å². The standard InChI is InChI=1S/C39H47N7O4S.H2/c1-25-9-6-10-26(2)36(25)33-18-35-43-38(42-33)44-51(48,49)32-14-7-11-28(17-32)37(47)46(31(24-50-35)16-15-27-19-39(3,4)20-27)23-29-21-40-22-34(41-29)45(5)30-12-8-13-30;/h6-7,9-11,14,17-18,21-22,27,30-31H,8,12-13,15-16,19-20,23-24H2,1-5H3,(H,42,43,44);1H. The maximum atomic E-state index is 14.6. The molecule has 1 amide bonds. The number of benzene rings is 2. The minimum absolute atomic E-state index is 0. The van der Waals surface area contributed by atoms with Crippen molar-refractivity contribution in [2.75, 3.05) is 23.3 Å². The molecular formula is C39H49N7O4S. The predicted molar refractivity (Wildman–Crippen MR) is 199 cm³/mol. The summed E-state index contributed by atoms with van der Waals surface area (Å²) >= 11 is 0. The lowest BCUT2D eigenvalue weighted by Gasteiger charge is -2.43. The van der Waals surface area contributed by atoms with E-state index in [1.54, 1.807) is 35.5 Å². The van der Waals surface area contributed by atoms with Crippen LogP contribution in [0.1, 0.15) is 87.4 Å². The number of aryl methyl sites for hydroxylation is 2. The van der Waals surface area contributed by atoms with Gasteiger partial charge in [0.2, 0.25) is 11.8 Å². The van der Waals surface area contributed by atoms with E-state index < -0.39 is 10.0 Å². The fourth-order valence-corrected chi connectivity index (χ4v) is 8.81. The van der Waals surface area contributed by atoms with Crippen LogP contribution >= 0.6 is 0 Å². The number of carbonyl (C=O) groups is 1. The van der Waals surface area contributed by atoms with Gasteiger partial charge in [-0.05, 0) is 99.5 Å². The van der Waals surface area contributed by atoms with Gasteiger partial charge < -0.3 is 14.5 Å². The van der Waals surface area contributed by atoms with Crippen LogP contribution in [0.5, 0.6) is 5.88 Å². The Bertz CT molecular complexity index is 2030. The van der Waals surface area contributed by atoms with Crippen molar-refractivity contribution in [3.05, 3.63) is 83.3 Å². The number of ether oxygens (including phenoxy) is 1. The molecule has 12 heteroatoms. The molecule has 11 nitrogen and oxygen atoms in total. The number of carbonyl (C=O) groups excluding carboxylic acids is 1. The summed E-state index contributed by atoms with van der Waals surface area (Å²) < 4.78 is 36.6. The summed E-state index contributed by atoms with van der Waals surface area (Å²) in [5.74, 6) is 1.14. The molecule has 1 aliphatic heterocycles. The molecular weight excluding hydrogens is 663 g/mol. The SMILES string of the molecule is Cc1cccc(C)c1-c1cc2nc(n1)NS(=O)(=O)c1cccc(c1)C(=O)N(Cc1cncc(N(C)C3CCC3)n1)C(CCC1CC(C)(C)C1)CO2.[HH]. The van der Waals surface area contributed by atoms with Crippen molar-refractivity contribution in [1.82, 2.24) is 24.8 Å². The molecule has 0 spiro atoms. The zero-order valence-electron chi connectivity index (χ0n) is 30.1. The molecule has 270 valence electrons. The first-order valence-electron chi connectivity index (χ1n) is 17.9. The van der Waals surface area contributed by atoms with E-state index in [9.17, 15) is 13.2 Å². The lowest BCUT2D eigenvalue weighted by Crippen LogP contribution is -2.44. The summed E-state index contributed by atoms with van der Waals surface area (Å²) in [6.07, 6.45) is 10.8. The third-order valence-corrected chi connectivity index (χ3v) is 12.1. The monoisotopic (exact) mass is 711 g/mol. The van der Waals surface area contributed by atoms with Crippen molar-refractivity contribution in [2.45, 2.75) is 96.2 Å². The number of nitrogens with one attached hydrogen (secondary N) is 1. The smallest absolute Gasteiger partial charge is 0.264 e. The summed E-state index contributed by atoms with van der Waals surface area (Å²) in [7, 11) is -2.13. The van der Waals surface area contributed by atoms with E-state index >= 15 is 0 Å². The molecule has 2 aromatic heterocycles. The average Bonchev–Trinajstić information content (AvgIpc) is 3.05. The van der Waals surface area contributed by atoms with Crippen LogP contribution in [-0.4, -0.2) is 64.9 Å². The van der Waals surface area contributed by atoms with Gasteiger partial charge in [0.25, 0.3) is 15.9 Å². The topological polar surface area (TPSA) is 131 Å².